The standard InChI is InChI=1S/C21H25N3O3/c1-15-9-10-17(22)18(13-15)23-19(25)21(2)11-6-12-24(21)20(26)27-14-16-7-4-3-5-8-16/h3-5,7-10,13H,6,11-12,14,22H2,1-2H3,(H,23,25). The van der Waals surface area contributed by atoms with Gasteiger partial charge >= 0.3 is 6.09 Å². The molecule has 2 amide bonds. The summed E-state index contributed by atoms with van der Waals surface area (Å²) in [5.41, 5.74) is 7.95. The van der Waals surface area contributed by atoms with Crippen molar-refractivity contribution in [2.24, 2.45) is 0 Å². The van der Waals surface area contributed by atoms with Crippen LogP contribution in [0.5, 0.6) is 0 Å². The van der Waals surface area contributed by atoms with Crippen molar-refractivity contribution in [1.82, 2.24) is 4.90 Å². The molecule has 2 aromatic carbocycles. The Balaban J connectivity index is 1.70. The second kappa shape index (κ2) is 7.70. The molecule has 1 saturated heterocycles. The normalized spacial score (nSPS) is 19.0. The average molecular weight is 367 g/mol. The van der Waals surface area contributed by atoms with Crippen LogP contribution < -0.4 is 11.1 Å². The maximum Gasteiger partial charge on any atom is 0.410 e. The van der Waals surface area contributed by atoms with Crippen molar-refractivity contribution in [3.63, 3.8) is 0 Å². The fraction of sp³-hybridized carbons (Fsp3) is 0.333. The molecule has 1 aliphatic rings. The Morgan fingerprint density at radius 2 is 1.96 bits per heavy atom. The number of nitrogens with one attached hydrogen (secondary N) is 1. The maximum absolute atomic E-state index is 13.0. The molecule has 0 saturated carbocycles. The van der Waals surface area contributed by atoms with Crippen LogP contribution >= 0.6 is 0 Å². The predicted octanol–water partition coefficient (Wildman–Crippen LogP) is 3.71. The summed E-state index contributed by atoms with van der Waals surface area (Å²) in [5.74, 6) is -0.256. The van der Waals surface area contributed by atoms with Crippen LogP contribution in [-0.4, -0.2) is 29.0 Å². The third-order valence-electron chi connectivity index (χ3n) is 5.01. The van der Waals surface area contributed by atoms with E-state index in [1.54, 1.807) is 13.0 Å². The number of nitrogen functional groups attached to an aromatic ring is 1. The van der Waals surface area contributed by atoms with E-state index >= 15 is 0 Å². The fourth-order valence-corrected chi connectivity index (χ4v) is 3.32. The summed E-state index contributed by atoms with van der Waals surface area (Å²) < 4.78 is 5.43. The second-order valence-electron chi connectivity index (χ2n) is 7.11. The van der Waals surface area contributed by atoms with Crippen LogP contribution in [0.2, 0.25) is 0 Å². The van der Waals surface area contributed by atoms with Gasteiger partial charge in [-0.1, -0.05) is 36.4 Å². The lowest BCUT2D eigenvalue weighted by atomic mass is 9.97. The molecule has 6 heteroatoms. The number of hydrogen-bond acceptors (Lipinski definition) is 4. The minimum atomic E-state index is -0.968. The van der Waals surface area contributed by atoms with E-state index in [4.69, 9.17) is 10.5 Å². The van der Waals surface area contributed by atoms with Crippen LogP contribution in [0.15, 0.2) is 48.5 Å². The van der Waals surface area contributed by atoms with Gasteiger partial charge in [0.25, 0.3) is 0 Å². The number of ether oxygens (including phenoxy) is 1. The number of carbonyl (C=O) groups excluding carboxylic acids is 2. The van der Waals surface area contributed by atoms with Crippen molar-refractivity contribution in [2.75, 3.05) is 17.6 Å². The Morgan fingerprint density at radius 3 is 2.70 bits per heavy atom. The first kappa shape index (κ1) is 18.8. The van der Waals surface area contributed by atoms with E-state index < -0.39 is 11.6 Å². The first-order valence-corrected chi connectivity index (χ1v) is 9.06. The van der Waals surface area contributed by atoms with Crippen LogP contribution in [0.3, 0.4) is 0 Å². The van der Waals surface area contributed by atoms with Gasteiger partial charge in [-0.2, -0.15) is 0 Å². The minimum absolute atomic E-state index is 0.179. The Bertz CT molecular complexity index is 838. The lowest BCUT2D eigenvalue weighted by molar-refractivity contribution is -0.125. The molecule has 0 radical (unpaired) electrons. The van der Waals surface area contributed by atoms with Gasteiger partial charge in [0, 0.05) is 6.54 Å². The highest BCUT2D eigenvalue weighted by Gasteiger charge is 2.46. The van der Waals surface area contributed by atoms with Crippen LogP contribution in [0.25, 0.3) is 0 Å². The minimum Gasteiger partial charge on any atom is -0.445 e. The molecule has 1 heterocycles. The molecular weight excluding hydrogens is 342 g/mol. The molecule has 1 atom stereocenters. The third-order valence-corrected chi connectivity index (χ3v) is 5.01. The molecule has 1 aliphatic heterocycles. The van der Waals surface area contributed by atoms with Gasteiger partial charge in [0.1, 0.15) is 12.1 Å². The smallest absolute Gasteiger partial charge is 0.410 e. The Labute approximate surface area is 159 Å². The second-order valence-corrected chi connectivity index (χ2v) is 7.11. The van der Waals surface area contributed by atoms with Crippen LogP contribution in [-0.2, 0) is 16.1 Å². The van der Waals surface area contributed by atoms with E-state index in [0.29, 0.717) is 24.3 Å². The highest BCUT2D eigenvalue weighted by atomic mass is 16.6. The lowest BCUT2D eigenvalue weighted by Crippen LogP contribution is -2.53. The predicted molar refractivity (Wildman–Crippen MR) is 105 cm³/mol. The molecule has 3 N–H and O–H groups in total. The van der Waals surface area contributed by atoms with Crippen molar-refractivity contribution in [2.45, 2.75) is 38.8 Å². The Kier molecular flexibility index (Phi) is 5.35. The zero-order valence-corrected chi connectivity index (χ0v) is 15.7. The highest BCUT2D eigenvalue weighted by Crippen LogP contribution is 2.32. The van der Waals surface area contributed by atoms with E-state index in [0.717, 1.165) is 17.5 Å². The monoisotopic (exact) mass is 367 g/mol. The van der Waals surface area contributed by atoms with E-state index in [9.17, 15) is 9.59 Å². The van der Waals surface area contributed by atoms with Gasteiger partial charge in [0.05, 0.1) is 11.4 Å². The van der Waals surface area contributed by atoms with Crippen LogP contribution in [0.1, 0.15) is 30.9 Å². The van der Waals surface area contributed by atoms with E-state index in [1.165, 1.54) is 4.90 Å². The van der Waals surface area contributed by atoms with Crippen molar-refractivity contribution in [1.29, 1.82) is 0 Å². The summed E-state index contributed by atoms with van der Waals surface area (Å²) >= 11 is 0. The SMILES string of the molecule is Cc1ccc(N)c(NC(=O)C2(C)CCCN2C(=O)OCc2ccccc2)c1. The molecule has 2 aromatic rings. The van der Waals surface area contributed by atoms with E-state index in [-0.39, 0.29) is 12.5 Å². The van der Waals surface area contributed by atoms with Crippen molar-refractivity contribution in [3.8, 4) is 0 Å². The van der Waals surface area contributed by atoms with E-state index in [2.05, 4.69) is 5.32 Å². The summed E-state index contributed by atoms with van der Waals surface area (Å²) in [4.78, 5) is 27.1. The van der Waals surface area contributed by atoms with Gasteiger partial charge in [-0.25, -0.2) is 4.79 Å². The number of aryl methyl sites for hydroxylation is 1. The summed E-state index contributed by atoms with van der Waals surface area (Å²) in [6.07, 6.45) is 0.838. The Morgan fingerprint density at radius 1 is 1.22 bits per heavy atom. The van der Waals surface area contributed by atoms with Crippen LogP contribution in [0, 0.1) is 6.92 Å². The average Bonchev–Trinajstić information content (AvgIpc) is 3.07. The summed E-state index contributed by atoms with van der Waals surface area (Å²) in [7, 11) is 0. The van der Waals surface area contributed by atoms with Gasteiger partial charge in [0.2, 0.25) is 5.91 Å². The van der Waals surface area contributed by atoms with E-state index in [1.807, 2.05) is 49.4 Å². The number of likely N-dealkylation sites (tertiary alicyclic amines) is 1. The molecule has 27 heavy (non-hydrogen) atoms. The van der Waals surface area contributed by atoms with Gasteiger partial charge < -0.3 is 15.8 Å². The van der Waals surface area contributed by atoms with Crippen molar-refractivity contribution >= 4 is 23.4 Å². The zero-order valence-electron chi connectivity index (χ0n) is 15.7. The summed E-state index contributed by atoms with van der Waals surface area (Å²) in [5, 5.41) is 2.88. The maximum atomic E-state index is 13.0. The van der Waals surface area contributed by atoms with Crippen LogP contribution in [0.4, 0.5) is 16.2 Å². The molecule has 0 bridgehead atoms. The van der Waals surface area contributed by atoms with Gasteiger partial charge in [-0.15, -0.1) is 0 Å². The molecular formula is C21H25N3O3. The number of nitrogens with zero attached hydrogens (tertiary/aromatic N) is 1. The van der Waals surface area contributed by atoms with Gasteiger partial charge in [0.15, 0.2) is 0 Å². The number of amides is 2. The topological polar surface area (TPSA) is 84.7 Å². The fourth-order valence-electron chi connectivity index (χ4n) is 3.32. The molecule has 3 rings (SSSR count). The molecule has 1 fully saturated rings. The largest absolute Gasteiger partial charge is 0.445 e. The quantitative estimate of drug-likeness (QED) is 0.807. The molecule has 6 nitrogen and oxygen atoms in total. The molecule has 0 spiro atoms. The van der Waals surface area contributed by atoms with Gasteiger partial charge in [-0.3, -0.25) is 9.69 Å². The number of benzene rings is 2. The number of carbonyl (C=O) groups is 2. The summed E-state index contributed by atoms with van der Waals surface area (Å²) in [6.45, 7) is 4.37. The van der Waals surface area contributed by atoms with Crippen molar-refractivity contribution < 1.29 is 14.3 Å². The third kappa shape index (κ3) is 4.05. The first-order valence-electron chi connectivity index (χ1n) is 9.06. The van der Waals surface area contributed by atoms with Crippen molar-refractivity contribution in [3.05, 3.63) is 59.7 Å². The number of nitrogens with two attached hydrogens (primary N) is 1. The number of rotatable bonds is 4. The number of hydrogen-bond donors (Lipinski definition) is 2. The Hall–Kier alpha value is -3.02. The molecule has 1 unspecified atom stereocenters. The number of anilines is 2. The first-order chi connectivity index (χ1) is 12.9. The molecule has 142 valence electrons. The van der Waals surface area contributed by atoms with Gasteiger partial charge in [-0.05, 0) is 49.9 Å². The highest BCUT2D eigenvalue weighted by molar-refractivity contribution is 6.01. The molecule has 0 aromatic heterocycles. The molecule has 0 aliphatic carbocycles. The summed E-state index contributed by atoms with van der Waals surface area (Å²) in [6, 6.07) is 14.9. The lowest BCUT2D eigenvalue weighted by Gasteiger charge is -2.33. The zero-order chi connectivity index (χ0) is 19.4.